The zero-order valence-corrected chi connectivity index (χ0v) is 10.8. The number of hydrogen-bond donors (Lipinski definition) is 1. The van der Waals surface area contributed by atoms with E-state index in [-0.39, 0.29) is 11.2 Å². The molecular formula is C10H15F3N4S. The summed E-state index contributed by atoms with van der Waals surface area (Å²) in [6, 6.07) is 0.160. The Labute approximate surface area is 107 Å². The van der Waals surface area contributed by atoms with Crippen LogP contribution in [0.4, 0.5) is 18.3 Å². The number of hydrogen-bond acceptors (Lipinski definition) is 5. The summed E-state index contributed by atoms with van der Waals surface area (Å²) in [7, 11) is 0. The second-order valence-corrected chi connectivity index (χ2v) is 5.26. The van der Waals surface area contributed by atoms with E-state index in [1.54, 1.807) is 0 Å². The van der Waals surface area contributed by atoms with Gasteiger partial charge in [-0.2, -0.15) is 13.2 Å². The van der Waals surface area contributed by atoms with E-state index in [2.05, 4.69) is 27.3 Å². The van der Waals surface area contributed by atoms with Gasteiger partial charge in [-0.15, -0.1) is 10.2 Å². The molecule has 1 aromatic heterocycles. The summed E-state index contributed by atoms with van der Waals surface area (Å²) in [6.07, 6.45) is -2.40. The molecule has 1 aromatic rings. The first-order valence-corrected chi connectivity index (χ1v) is 6.70. The summed E-state index contributed by atoms with van der Waals surface area (Å²) >= 11 is 0.565. The van der Waals surface area contributed by atoms with Gasteiger partial charge in [-0.1, -0.05) is 18.3 Å². The minimum atomic E-state index is -4.40. The highest BCUT2D eigenvalue weighted by atomic mass is 32.1. The molecule has 18 heavy (non-hydrogen) atoms. The van der Waals surface area contributed by atoms with Gasteiger partial charge in [-0.3, -0.25) is 0 Å². The van der Waals surface area contributed by atoms with E-state index < -0.39 is 11.2 Å². The van der Waals surface area contributed by atoms with Gasteiger partial charge in [0.15, 0.2) is 0 Å². The monoisotopic (exact) mass is 280 g/mol. The van der Waals surface area contributed by atoms with Crippen molar-refractivity contribution >= 4 is 16.5 Å². The number of nitrogens with zero attached hydrogens (tertiary/aromatic N) is 3. The van der Waals surface area contributed by atoms with Crippen LogP contribution in [0.25, 0.3) is 0 Å². The molecule has 2 heterocycles. The number of anilines is 1. The summed E-state index contributed by atoms with van der Waals surface area (Å²) < 4.78 is 37.1. The fourth-order valence-corrected chi connectivity index (χ4v) is 2.72. The van der Waals surface area contributed by atoms with Crippen molar-refractivity contribution in [2.24, 2.45) is 0 Å². The fraction of sp³-hybridized carbons (Fsp3) is 0.800. The van der Waals surface area contributed by atoms with E-state index in [9.17, 15) is 13.2 Å². The van der Waals surface area contributed by atoms with Gasteiger partial charge in [0.2, 0.25) is 10.1 Å². The Morgan fingerprint density at radius 2 is 2.22 bits per heavy atom. The van der Waals surface area contributed by atoms with Crippen LogP contribution in [-0.4, -0.2) is 40.8 Å². The first-order chi connectivity index (χ1) is 8.49. The van der Waals surface area contributed by atoms with E-state index in [1.807, 2.05) is 0 Å². The van der Waals surface area contributed by atoms with Gasteiger partial charge in [-0.25, -0.2) is 0 Å². The van der Waals surface area contributed by atoms with E-state index >= 15 is 0 Å². The van der Waals surface area contributed by atoms with Crippen molar-refractivity contribution < 1.29 is 13.2 Å². The minimum absolute atomic E-state index is 0.160. The van der Waals surface area contributed by atoms with Crippen LogP contribution in [0.15, 0.2) is 0 Å². The van der Waals surface area contributed by atoms with Crippen LogP contribution in [0.2, 0.25) is 0 Å². The van der Waals surface area contributed by atoms with Crippen molar-refractivity contribution in [2.75, 3.05) is 25.0 Å². The fourth-order valence-electron chi connectivity index (χ4n) is 2.03. The first kappa shape index (κ1) is 13.5. The lowest BCUT2D eigenvalue weighted by molar-refractivity contribution is -0.138. The van der Waals surface area contributed by atoms with Crippen molar-refractivity contribution in [2.45, 2.75) is 32.0 Å². The van der Waals surface area contributed by atoms with Crippen molar-refractivity contribution in [1.82, 2.24) is 15.1 Å². The summed E-state index contributed by atoms with van der Waals surface area (Å²) in [4.78, 5) is 2.27. The minimum Gasteiger partial charge on any atom is -0.356 e. The number of alkyl halides is 3. The Hall–Kier alpha value is -0.890. The first-order valence-electron chi connectivity index (χ1n) is 5.88. The predicted molar refractivity (Wildman–Crippen MR) is 63.7 cm³/mol. The Bertz CT molecular complexity index is 393. The molecule has 1 N–H and O–H groups in total. The maximum atomic E-state index is 12.4. The molecule has 2 rings (SSSR count). The summed E-state index contributed by atoms with van der Waals surface area (Å²) in [5, 5.41) is 9.11. The molecule has 1 saturated heterocycles. The molecule has 0 aliphatic carbocycles. The average molecular weight is 280 g/mol. The van der Waals surface area contributed by atoms with Crippen LogP contribution in [0.5, 0.6) is 0 Å². The molecule has 4 nitrogen and oxygen atoms in total. The molecule has 1 aliphatic heterocycles. The van der Waals surface area contributed by atoms with Crippen molar-refractivity contribution in [3.63, 3.8) is 0 Å². The molecule has 0 spiro atoms. The molecular weight excluding hydrogens is 265 g/mol. The van der Waals surface area contributed by atoms with Gasteiger partial charge in [0.25, 0.3) is 0 Å². The molecule has 0 amide bonds. The highest BCUT2D eigenvalue weighted by Crippen LogP contribution is 2.33. The zero-order chi connectivity index (χ0) is 13.2. The third-order valence-corrected chi connectivity index (χ3v) is 3.85. The summed E-state index contributed by atoms with van der Waals surface area (Å²) in [6.45, 7) is 4.94. The lowest BCUT2D eigenvalue weighted by atomic mass is 10.1. The van der Waals surface area contributed by atoms with E-state index in [1.165, 1.54) is 0 Å². The SMILES string of the molecule is CCN1CCCC(Nc2nnc(C(F)(F)F)s2)C1. The van der Waals surface area contributed by atoms with E-state index in [0.717, 1.165) is 32.5 Å². The number of likely N-dealkylation sites (N-methyl/N-ethyl adjacent to an activating group) is 1. The largest absolute Gasteiger partial charge is 0.445 e. The molecule has 8 heteroatoms. The Morgan fingerprint density at radius 3 is 2.83 bits per heavy atom. The van der Waals surface area contributed by atoms with Crippen LogP contribution in [-0.2, 0) is 6.18 Å². The summed E-state index contributed by atoms with van der Waals surface area (Å²) in [5.74, 6) is 0. The highest BCUT2D eigenvalue weighted by Gasteiger charge is 2.36. The molecule has 1 fully saturated rings. The molecule has 1 aliphatic rings. The van der Waals surface area contributed by atoms with Crippen LogP contribution in [0.3, 0.4) is 0 Å². The number of piperidine rings is 1. The molecule has 1 unspecified atom stereocenters. The summed E-state index contributed by atoms with van der Waals surface area (Å²) in [5.41, 5.74) is 0. The molecule has 0 aromatic carbocycles. The third kappa shape index (κ3) is 3.32. The van der Waals surface area contributed by atoms with Gasteiger partial charge >= 0.3 is 6.18 Å². The highest BCUT2D eigenvalue weighted by molar-refractivity contribution is 7.15. The van der Waals surface area contributed by atoms with Gasteiger partial charge in [0.1, 0.15) is 0 Å². The molecule has 102 valence electrons. The number of nitrogens with one attached hydrogen (secondary N) is 1. The number of aromatic nitrogens is 2. The van der Waals surface area contributed by atoms with Crippen LogP contribution in [0, 0.1) is 0 Å². The third-order valence-electron chi connectivity index (χ3n) is 2.95. The average Bonchev–Trinajstić information content (AvgIpc) is 2.77. The number of rotatable bonds is 3. The van der Waals surface area contributed by atoms with Crippen LogP contribution >= 0.6 is 11.3 Å². The van der Waals surface area contributed by atoms with Crippen molar-refractivity contribution in [3.05, 3.63) is 5.01 Å². The maximum absolute atomic E-state index is 12.4. The lowest BCUT2D eigenvalue weighted by Gasteiger charge is -2.31. The van der Waals surface area contributed by atoms with Gasteiger partial charge in [0, 0.05) is 12.6 Å². The molecule has 0 saturated carbocycles. The van der Waals surface area contributed by atoms with Crippen molar-refractivity contribution in [3.8, 4) is 0 Å². The van der Waals surface area contributed by atoms with E-state index in [4.69, 9.17) is 0 Å². The Kier molecular flexibility index (Phi) is 4.06. The van der Waals surface area contributed by atoms with E-state index in [0.29, 0.717) is 11.3 Å². The lowest BCUT2D eigenvalue weighted by Crippen LogP contribution is -2.41. The molecule has 0 radical (unpaired) electrons. The smallest absolute Gasteiger partial charge is 0.356 e. The van der Waals surface area contributed by atoms with Gasteiger partial charge in [-0.05, 0) is 25.9 Å². The van der Waals surface area contributed by atoms with Crippen LogP contribution in [0.1, 0.15) is 24.8 Å². The second kappa shape index (κ2) is 5.40. The quantitative estimate of drug-likeness (QED) is 0.923. The topological polar surface area (TPSA) is 41.0 Å². The maximum Gasteiger partial charge on any atom is 0.445 e. The zero-order valence-electron chi connectivity index (χ0n) is 10.00. The predicted octanol–water partition coefficient (Wildman–Crippen LogP) is 2.45. The Balaban J connectivity index is 1.95. The van der Waals surface area contributed by atoms with Crippen LogP contribution < -0.4 is 5.32 Å². The standard InChI is InChI=1S/C10H15F3N4S/c1-2-17-5-3-4-7(6-17)14-9-16-15-8(18-9)10(11,12)13/h7H,2-6H2,1H3,(H,14,16). The molecule has 1 atom stereocenters. The van der Waals surface area contributed by atoms with Crippen molar-refractivity contribution in [1.29, 1.82) is 0 Å². The second-order valence-electron chi connectivity index (χ2n) is 4.29. The Morgan fingerprint density at radius 1 is 1.44 bits per heavy atom. The number of likely N-dealkylation sites (tertiary alicyclic amines) is 1. The molecule has 0 bridgehead atoms. The van der Waals surface area contributed by atoms with Gasteiger partial charge < -0.3 is 10.2 Å². The number of halogens is 3. The van der Waals surface area contributed by atoms with Gasteiger partial charge in [0.05, 0.1) is 0 Å². The normalized spacial score (nSPS) is 22.1.